The van der Waals surface area contributed by atoms with Crippen LogP contribution in [0.2, 0.25) is 0 Å². The fraction of sp³-hybridized carbons (Fsp3) is 0.417. The van der Waals surface area contributed by atoms with Gasteiger partial charge >= 0.3 is 5.97 Å². The fourth-order valence-electron chi connectivity index (χ4n) is 1.98. The Hall–Kier alpha value is -1.04. The summed E-state index contributed by atoms with van der Waals surface area (Å²) in [5, 5.41) is 12.0. The van der Waals surface area contributed by atoms with Crippen LogP contribution in [0.1, 0.15) is 30.0 Å². The summed E-state index contributed by atoms with van der Waals surface area (Å²) in [4.78, 5) is 12.1. The second kappa shape index (κ2) is 4.33. The average molecular weight is 250 g/mol. The maximum Gasteiger partial charge on any atom is 0.325 e. The van der Waals surface area contributed by atoms with Crippen LogP contribution in [0.15, 0.2) is 23.1 Å². The molecule has 1 fully saturated rings. The molecule has 1 aliphatic heterocycles. The monoisotopic (exact) mass is 250 g/mol. The maximum atomic E-state index is 11.0. The first-order valence-corrected chi connectivity index (χ1v) is 6.57. The number of nitrogens with one attached hydrogen (secondary N) is 2. The molecule has 2 aliphatic rings. The predicted octanol–water partition coefficient (Wildman–Crippen LogP) is 1.67. The zero-order chi connectivity index (χ0) is 11.8. The number of hydrogen-bond acceptors (Lipinski definition) is 4. The van der Waals surface area contributed by atoms with E-state index < -0.39 is 12.0 Å². The van der Waals surface area contributed by atoms with E-state index in [1.54, 1.807) is 11.9 Å². The smallest absolute Gasteiger partial charge is 0.325 e. The fourth-order valence-corrected chi connectivity index (χ4v) is 2.85. The SMILES string of the molecule is O=C(O)C1NCc2cc(SNC3CC3)ccc21. The van der Waals surface area contributed by atoms with Crippen LogP contribution in [0.3, 0.4) is 0 Å². The van der Waals surface area contributed by atoms with Crippen LogP contribution in [0, 0.1) is 0 Å². The number of carboxylic acid groups (broad SMARTS) is 1. The first kappa shape index (κ1) is 11.1. The van der Waals surface area contributed by atoms with Crippen molar-refractivity contribution in [3.05, 3.63) is 29.3 Å². The van der Waals surface area contributed by atoms with Crippen molar-refractivity contribution in [2.24, 2.45) is 0 Å². The lowest BCUT2D eigenvalue weighted by atomic mass is 10.1. The van der Waals surface area contributed by atoms with E-state index in [4.69, 9.17) is 5.11 Å². The number of hydrogen-bond donors (Lipinski definition) is 3. The minimum absolute atomic E-state index is 0.541. The number of carboxylic acids is 1. The van der Waals surface area contributed by atoms with Gasteiger partial charge in [0.2, 0.25) is 0 Å². The van der Waals surface area contributed by atoms with Crippen LogP contribution in [-0.4, -0.2) is 17.1 Å². The zero-order valence-electron chi connectivity index (χ0n) is 9.27. The van der Waals surface area contributed by atoms with Crippen LogP contribution < -0.4 is 10.0 Å². The molecule has 5 heteroatoms. The third kappa shape index (κ3) is 2.31. The molecule has 1 aromatic rings. The Bertz CT molecular complexity index is 460. The quantitative estimate of drug-likeness (QED) is 0.710. The van der Waals surface area contributed by atoms with E-state index in [2.05, 4.69) is 16.1 Å². The molecule has 0 saturated heterocycles. The molecule has 17 heavy (non-hydrogen) atoms. The Balaban J connectivity index is 1.75. The minimum Gasteiger partial charge on any atom is -0.480 e. The molecule has 90 valence electrons. The van der Waals surface area contributed by atoms with Gasteiger partial charge in [0.15, 0.2) is 0 Å². The highest BCUT2D eigenvalue weighted by Crippen LogP contribution is 2.30. The van der Waals surface area contributed by atoms with Crippen LogP contribution in [-0.2, 0) is 11.3 Å². The normalized spacial score (nSPS) is 22.5. The molecule has 1 atom stereocenters. The van der Waals surface area contributed by atoms with Gasteiger partial charge in [-0.2, -0.15) is 0 Å². The summed E-state index contributed by atoms with van der Waals surface area (Å²) in [6.07, 6.45) is 2.53. The van der Waals surface area contributed by atoms with Crippen LogP contribution in [0.25, 0.3) is 0 Å². The van der Waals surface area contributed by atoms with E-state index in [0.29, 0.717) is 12.6 Å². The van der Waals surface area contributed by atoms with E-state index in [9.17, 15) is 4.79 Å². The lowest BCUT2D eigenvalue weighted by Crippen LogP contribution is -2.21. The third-order valence-corrected chi connectivity index (χ3v) is 4.03. The molecular formula is C12H14N2O2S. The van der Waals surface area contributed by atoms with Crippen molar-refractivity contribution in [1.82, 2.24) is 10.0 Å². The second-order valence-corrected chi connectivity index (χ2v) is 5.42. The Morgan fingerprint density at radius 1 is 1.47 bits per heavy atom. The average Bonchev–Trinajstić information content (AvgIpc) is 3.04. The Morgan fingerprint density at radius 3 is 3.00 bits per heavy atom. The molecule has 1 heterocycles. The van der Waals surface area contributed by atoms with E-state index in [1.165, 1.54) is 12.8 Å². The number of benzene rings is 1. The Labute approximate surface area is 104 Å². The standard InChI is InChI=1S/C12H14N2O2S/c15-12(16)11-10-4-3-9(5-7(10)6-13-11)17-14-8-1-2-8/h3-5,8,11,13-14H,1-2,6H2,(H,15,16). The van der Waals surface area contributed by atoms with Gasteiger partial charge in [0.1, 0.15) is 6.04 Å². The number of aliphatic carboxylic acids is 1. The maximum absolute atomic E-state index is 11.0. The summed E-state index contributed by atoms with van der Waals surface area (Å²) in [7, 11) is 0. The van der Waals surface area contributed by atoms with E-state index in [1.807, 2.05) is 12.1 Å². The molecule has 0 aromatic heterocycles. The summed E-state index contributed by atoms with van der Waals surface area (Å²) < 4.78 is 3.38. The van der Waals surface area contributed by atoms with Gasteiger partial charge in [-0.25, -0.2) is 0 Å². The van der Waals surface area contributed by atoms with Gasteiger partial charge in [0.05, 0.1) is 0 Å². The highest BCUT2D eigenvalue weighted by Gasteiger charge is 2.28. The minimum atomic E-state index is -0.805. The molecule has 1 saturated carbocycles. The van der Waals surface area contributed by atoms with Gasteiger partial charge < -0.3 is 5.11 Å². The molecule has 4 nitrogen and oxygen atoms in total. The van der Waals surface area contributed by atoms with E-state index in [-0.39, 0.29) is 0 Å². The van der Waals surface area contributed by atoms with Crippen molar-refractivity contribution < 1.29 is 9.90 Å². The topological polar surface area (TPSA) is 61.4 Å². The van der Waals surface area contributed by atoms with Gasteiger partial charge in [-0.05, 0) is 48.0 Å². The summed E-state index contributed by atoms with van der Waals surface area (Å²) in [6, 6.07) is 6.11. The number of carbonyl (C=O) groups is 1. The number of fused-ring (bicyclic) bond motifs is 1. The lowest BCUT2D eigenvalue weighted by Gasteiger charge is -2.07. The van der Waals surface area contributed by atoms with E-state index in [0.717, 1.165) is 16.0 Å². The molecule has 0 amide bonds. The van der Waals surface area contributed by atoms with Crippen molar-refractivity contribution >= 4 is 17.9 Å². The van der Waals surface area contributed by atoms with Crippen LogP contribution in [0.5, 0.6) is 0 Å². The highest BCUT2D eigenvalue weighted by atomic mass is 32.2. The Morgan fingerprint density at radius 2 is 2.29 bits per heavy atom. The molecule has 0 bridgehead atoms. The summed E-state index contributed by atoms with van der Waals surface area (Å²) in [5.41, 5.74) is 1.99. The highest BCUT2D eigenvalue weighted by molar-refractivity contribution is 7.97. The van der Waals surface area contributed by atoms with Crippen molar-refractivity contribution in [3.63, 3.8) is 0 Å². The van der Waals surface area contributed by atoms with Crippen molar-refractivity contribution in [2.75, 3.05) is 0 Å². The van der Waals surface area contributed by atoms with Crippen molar-refractivity contribution in [1.29, 1.82) is 0 Å². The second-order valence-electron chi connectivity index (χ2n) is 4.51. The lowest BCUT2D eigenvalue weighted by molar-refractivity contribution is -0.139. The van der Waals surface area contributed by atoms with Gasteiger partial charge in [-0.3, -0.25) is 14.8 Å². The molecule has 3 rings (SSSR count). The van der Waals surface area contributed by atoms with Crippen molar-refractivity contribution in [3.8, 4) is 0 Å². The molecule has 0 radical (unpaired) electrons. The molecule has 3 N–H and O–H groups in total. The molecule has 1 aromatic carbocycles. The first-order valence-electron chi connectivity index (χ1n) is 5.75. The molecular weight excluding hydrogens is 236 g/mol. The zero-order valence-corrected chi connectivity index (χ0v) is 10.1. The third-order valence-electron chi connectivity index (χ3n) is 3.09. The van der Waals surface area contributed by atoms with E-state index >= 15 is 0 Å². The summed E-state index contributed by atoms with van der Waals surface area (Å²) in [5.74, 6) is -0.805. The van der Waals surface area contributed by atoms with Gasteiger partial charge in [-0.1, -0.05) is 6.07 Å². The first-order chi connectivity index (χ1) is 8.24. The summed E-state index contributed by atoms with van der Waals surface area (Å²) >= 11 is 1.64. The van der Waals surface area contributed by atoms with Crippen molar-refractivity contribution in [2.45, 2.75) is 36.4 Å². The van der Waals surface area contributed by atoms with Crippen LogP contribution >= 0.6 is 11.9 Å². The van der Waals surface area contributed by atoms with Gasteiger partial charge in [0, 0.05) is 17.5 Å². The predicted molar refractivity (Wildman–Crippen MR) is 65.7 cm³/mol. The Kier molecular flexibility index (Phi) is 2.82. The molecule has 0 spiro atoms. The van der Waals surface area contributed by atoms with Gasteiger partial charge in [-0.15, -0.1) is 0 Å². The molecule has 1 unspecified atom stereocenters. The summed E-state index contributed by atoms with van der Waals surface area (Å²) in [6.45, 7) is 0.643. The van der Waals surface area contributed by atoms with Crippen LogP contribution in [0.4, 0.5) is 0 Å². The molecule has 1 aliphatic carbocycles. The van der Waals surface area contributed by atoms with Gasteiger partial charge in [0.25, 0.3) is 0 Å². The number of rotatable bonds is 4. The largest absolute Gasteiger partial charge is 0.480 e.